The molecule has 0 heterocycles. The summed E-state index contributed by atoms with van der Waals surface area (Å²) in [7, 11) is 0. The number of nitro groups is 1. The Kier molecular flexibility index (Phi) is 3.82. The van der Waals surface area contributed by atoms with E-state index < -0.39 is 33.9 Å². The van der Waals surface area contributed by atoms with Gasteiger partial charge in [0.1, 0.15) is 0 Å². The van der Waals surface area contributed by atoms with Gasteiger partial charge in [-0.2, -0.15) is 0 Å². The van der Waals surface area contributed by atoms with Gasteiger partial charge in [-0.25, -0.2) is 8.78 Å². The summed E-state index contributed by atoms with van der Waals surface area (Å²) < 4.78 is 27.2. The first kappa shape index (κ1) is 14.2. The number of nitrogens with zero attached hydrogens (tertiary/aromatic N) is 2. The quantitative estimate of drug-likeness (QED) is 0.641. The van der Waals surface area contributed by atoms with Crippen LogP contribution in [0.4, 0.5) is 20.2 Å². The average Bonchev–Trinajstić information content (AvgIpc) is 3.18. The minimum Gasteiger partial charge on any atom is -0.481 e. The maximum absolute atomic E-state index is 13.9. The van der Waals surface area contributed by atoms with Gasteiger partial charge in [0.05, 0.1) is 11.3 Å². The molecule has 0 saturated heterocycles. The average molecular weight is 286 g/mol. The topological polar surface area (TPSA) is 83.7 Å². The molecule has 1 fully saturated rings. The highest BCUT2D eigenvalue weighted by atomic mass is 19.2. The van der Waals surface area contributed by atoms with E-state index in [0.29, 0.717) is 18.9 Å². The van der Waals surface area contributed by atoms with Gasteiger partial charge in [-0.15, -0.1) is 0 Å². The number of carboxylic acid groups (broad SMARTS) is 1. The minimum atomic E-state index is -1.31. The summed E-state index contributed by atoms with van der Waals surface area (Å²) in [4.78, 5) is 22.0. The minimum absolute atomic E-state index is 0.0960. The number of carbonyl (C=O) groups is 1. The van der Waals surface area contributed by atoms with Crippen LogP contribution in [0.15, 0.2) is 12.1 Å². The second-order valence-electron chi connectivity index (χ2n) is 4.55. The number of carboxylic acids is 1. The molecular weight excluding hydrogens is 274 g/mol. The zero-order valence-electron chi connectivity index (χ0n) is 10.4. The van der Waals surface area contributed by atoms with Crippen molar-refractivity contribution in [2.75, 3.05) is 11.4 Å². The largest absolute Gasteiger partial charge is 0.481 e. The third-order valence-corrected chi connectivity index (χ3v) is 3.09. The van der Waals surface area contributed by atoms with Crippen LogP contribution in [0.1, 0.15) is 19.3 Å². The Morgan fingerprint density at radius 1 is 1.45 bits per heavy atom. The van der Waals surface area contributed by atoms with Crippen molar-refractivity contribution in [3.8, 4) is 0 Å². The molecule has 0 amide bonds. The molecule has 1 aliphatic carbocycles. The molecule has 2 rings (SSSR count). The lowest BCUT2D eigenvalue weighted by atomic mass is 10.2. The molecule has 1 N–H and O–H groups in total. The molecule has 1 saturated carbocycles. The number of rotatable bonds is 6. The first-order valence-electron chi connectivity index (χ1n) is 6.02. The second-order valence-corrected chi connectivity index (χ2v) is 4.55. The van der Waals surface area contributed by atoms with E-state index in [2.05, 4.69) is 0 Å². The maximum atomic E-state index is 13.9. The Morgan fingerprint density at radius 3 is 2.60 bits per heavy atom. The SMILES string of the molecule is O=C(O)CCN(c1c([N+](=O)[O-])ccc(F)c1F)C1CC1. The van der Waals surface area contributed by atoms with Crippen molar-refractivity contribution in [1.29, 1.82) is 0 Å². The van der Waals surface area contributed by atoms with Gasteiger partial charge in [0.25, 0.3) is 5.69 Å². The number of hydrogen-bond donors (Lipinski definition) is 1. The van der Waals surface area contributed by atoms with E-state index >= 15 is 0 Å². The van der Waals surface area contributed by atoms with Crippen LogP contribution in [-0.2, 0) is 4.79 Å². The molecule has 0 spiro atoms. The first-order chi connectivity index (χ1) is 9.41. The van der Waals surface area contributed by atoms with Crippen molar-refractivity contribution in [1.82, 2.24) is 0 Å². The molecule has 1 aliphatic rings. The van der Waals surface area contributed by atoms with Gasteiger partial charge < -0.3 is 10.0 Å². The monoisotopic (exact) mass is 286 g/mol. The molecule has 0 atom stereocenters. The van der Waals surface area contributed by atoms with Gasteiger partial charge in [0.15, 0.2) is 17.3 Å². The van der Waals surface area contributed by atoms with Gasteiger partial charge in [-0.1, -0.05) is 0 Å². The molecule has 20 heavy (non-hydrogen) atoms. The smallest absolute Gasteiger partial charge is 0.305 e. The molecule has 108 valence electrons. The van der Waals surface area contributed by atoms with Crippen LogP contribution in [0.5, 0.6) is 0 Å². The van der Waals surface area contributed by atoms with E-state index in [4.69, 9.17) is 5.11 Å². The van der Waals surface area contributed by atoms with Crippen molar-refractivity contribution < 1.29 is 23.6 Å². The molecule has 0 radical (unpaired) electrons. The van der Waals surface area contributed by atoms with E-state index in [-0.39, 0.29) is 19.0 Å². The van der Waals surface area contributed by atoms with Gasteiger partial charge in [-0.05, 0) is 18.9 Å². The van der Waals surface area contributed by atoms with Crippen molar-refractivity contribution in [2.45, 2.75) is 25.3 Å². The molecule has 1 aromatic carbocycles. The second kappa shape index (κ2) is 5.40. The zero-order valence-corrected chi connectivity index (χ0v) is 10.4. The molecular formula is C12H12F2N2O4. The van der Waals surface area contributed by atoms with E-state index in [1.165, 1.54) is 4.90 Å². The Morgan fingerprint density at radius 2 is 2.10 bits per heavy atom. The summed E-state index contributed by atoms with van der Waals surface area (Å²) in [6.07, 6.45) is 1.04. The van der Waals surface area contributed by atoms with E-state index in [1.54, 1.807) is 0 Å². The van der Waals surface area contributed by atoms with Crippen molar-refractivity contribution in [3.05, 3.63) is 33.9 Å². The molecule has 0 aromatic heterocycles. The molecule has 8 heteroatoms. The summed E-state index contributed by atoms with van der Waals surface area (Å²) in [6, 6.07) is 1.41. The number of aliphatic carboxylic acids is 1. The first-order valence-corrected chi connectivity index (χ1v) is 6.02. The van der Waals surface area contributed by atoms with Gasteiger partial charge >= 0.3 is 5.97 Å². The number of halogens is 2. The summed E-state index contributed by atoms with van der Waals surface area (Å²) >= 11 is 0. The van der Waals surface area contributed by atoms with Crippen molar-refractivity contribution >= 4 is 17.3 Å². The third-order valence-electron chi connectivity index (χ3n) is 3.09. The van der Waals surface area contributed by atoms with E-state index in [9.17, 15) is 23.7 Å². The Hall–Kier alpha value is -2.25. The number of hydrogen-bond acceptors (Lipinski definition) is 4. The highest BCUT2D eigenvalue weighted by molar-refractivity contribution is 5.70. The fourth-order valence-corrected chi connectivity index (χ4v) is 2.03. The Balaban J connectivity index is 2.43. The van der Waals surface area contributed by atoms with Crippen LogP contribution in [0, 0.1) is 21.7 Å². The van der Waals surface area contributed by atoms with Crippen molar-refractivity contribution in [2.24, 2.45) is 0 Å². The lowest BCUT2D eigenvalue weighted by Gasteiger charge is -2.24. The fourth-order valence-electron chi connectivity index (χ4n) is 2.03. The Bertz CT molecular complexity index is 561. The predicted molar refractivity (Wildman–Crippen MR) is 65.6 cm³/mol. The summed E-state index contributed by atoms with van der Waals surface area (Å²) in [5, 5.41) is 19.6. The Labute approximate surface area is 112 Å². The lowest BCUT2D eigenvalue weighted by molar-refractivity contribution is -0.384. The highest BCUT2D eigenvalue weighted by Crippen LogP contribution is 2.39. The number of nitro benzene ring substituents is 1. The van der Waals surface area contributed by atoms with Crippen LogP contribution in [0.3, 0.4) is 0 Å². The summed E-state index contributed by atoms with van der Waals surface area (Å²) in [5.74, 6) is -3.60. The lowest BCUT2D eigenvalue weighted by Crippen LogP contribution is -2.30. The van der Waals surface area contributed by atoms with E-state index in [0.717, 1.165) is 6.07 Å². The van der Waals surface area contributed by atoms with Gasteiger partial charge in [0, 0.05) is 18.7 Å². The fraction of sp³-hybridized carbons (Fsp3) is 0.417. The van der Waals surface area contributed by atoms with Crippen LogP contribution in [0.25, 0.3) is 0 Å². The highest BCUT2D eigenvalue weighted by Gasteiger charge is 2.36. The van der Waals surface area contributed by atoms with Crippen molar-refractivity contribution in [3.63, 3.8) is 0 Å². The molecule has 0 unspecified atom stereocenters. The number of anilines is 1. The normalized spacial score (nSPS) is 14.1. The zero-order chi connectivity index (χ0) is 14.9. The van der Waals surface area contributed by atoms with E-state index in [1.807, 2.05) is 0 Å². The third kappa shape index (κ3) is 2.84. The van der Waals surface area contributed by atoms with Gasteiger partial charge in [-0.3, -0.25) is 14.9 Å². The van der Waals surface area contributed by atoms with Crippen LogP contribution in [-0.4, -0.2) is 28.6 Å². The molecule has 1 aromatic rings. The number of benzene rings is 1. The maximum Gasteiger partial charge on any atom is 0.305 e. The molecule has 6 nitrogen and oxygen atoms in total. The molecule has 0 bridgehead atoms. The molecule has 0 aliphatic heterocycles. The predicted octanol–water partition coefficient (Wildman–Crippen LogP) is 2.32. The summed E-state index contributed by atoms with van der Waals surface area (Å²) in [5.41, 5.74) is -1.01. The van der Waals surface area contributed by atoms with Gasteiger partial charge in [0.2, 0.25) is 0 Å². The van der Waals surface area contributed by atoms with Crippen LogP contribution < -0.4 is 4.90 Å². The standard InChI is InChI=1S/C12H12F2N2O4/c13-8-3-4-9(16(19)20)12(11(8)14)15(7-1-2-7)6-5-10(17)18/h3-4,7H,1-2,5-6H2,(H,17,18). The van der Waals surface area contributed by atoms with Crippen LogP contribution >= 0.6 is 0 Å². The summed E-state index contributed by atoms with van der Waals surface area (Å²) in [6.45, 7) is -0.0960. The van der Waals surface area contributed by atoms with Crippen LogP contribution in [0.2, 0.25) is 0 Å².